The van der Waals surface area contributed by atoms with Gasteiger partial charge in [0.2, 0.25) is 0 Å². The highest BCUT2D eigenvalue weighted by Gasteiger charge is 2.20. The maximum Gasteiger partial charge on any atom is 0.309 e. The number of rotatable bonds is 7. The Hall–Kier alpha value is -3.19. The monoisotopic (exact) mass is 407 g/mol. The van der Waals surface area contributed by atoms with Crippen LogP contribution in [0, 0.1) is 0 Å². The number of pyridine rings is 1. The minimum Gasteiger partial charge on any atom is -0.487 e. The van der Waals surface area contributed by atoms with Crippen molar-refractivity contribution in [3.63, 3.8) is 0 Å². The Bertz CT molecular complexity index is 978. The van der Waals surface area contributed by atoms with Gasteiger partial charge in [-0.15, -0.1) is 0 Å². The Labute approximate surface area is 175 Å². The molecule has 1 saturated heterocycles. The van der Waals surface area contributed by atoms with E-state index in [1.165, 1.54) is 7.11 Å². The van der Waals surface area contributed by atoms with Gasteiger partial charge < -0.3 is 14.2 Å². The van der Waals surface area contributed by atoms with Crippen LogP contribution in [-0.2, 0) is 27.3 Å². The SMILES string of the molecule is COC(=O)Cc1cccc(COc2ccc(-c3ccnn3C3CCCCO3)nc2)c1. The molecule has 0 radical (unpaired) electrons. The summed E-state index contributed by atoms with van der Waals surface area (Å²) in [5.41, 5.74) is 3.64. The Balaban J connectivity index is 1.40. The van der Waals surface area contributed by atoms with Crippen LogP contribution in [0.1, 0.15) is 36.6 Å². The molecule has 0 spiro atoms. The van der Waals surface area contributed by atoms with E-state index in [4.69, 9.17) is 14.2 Å². The number of hydrogen-bond donors (Lipinski definition) is 0. The maximum absolute atomic E-state index is 11.5. The van der Waals surface area contributed by atoms with E-state index in [2.05, 4.69) is 10.1 Å². The molecule has 0 saturated carbocycles. The smallest absolute Gasteiger partial charge is 0.309 e. The highest BCUT2D eigenvalue weighted by molar-refractivity contribution is 5.72. The third kappa shape index (κ3) is 4.86. The number of methoxy groups -OCH3 is 1. The number of benzene rings is 1. The summed E-state index contributed by atoms with van der Waals surface area (Å²) in [5.74, 6) is 0.419. The topological polar surface area (TPSA) is 75.5 Å². The van der Waals surface area contributed by atoms with E-state index >= 15 is 0 Å². The summed E-state index contributed by atoms with van der Waals surface area (Å²) >= 11 is 0. The van der Waals surface area contributed by atoms with E-state index in [9.17, 15) is 4.79 Å². The second-order valence-electron chi connectivity index (χ2n) is 7.22. The zero-order chi connectivity index (χ0) is 20.8. The van der Waals surface area contributed by atoms with Crippen molar-refractivity contribution < 1.29 is 19.0 Å². The summed E-state index contributed by atoms with van der Waals surface area (Å²) in [4.78, 5) is 16.0. The Morgan fingerprint density at radius 1 is 1.20 bits per heavy atom. The highest BCUT2D eigenvalue weighted by atomic mass is 16.5. The van der Waals surface area contributed by atoms with Crippen molar-refractivity contribution in [3.8, 4) is 17.1 Å². The molecule has 1 unspecified atom stereocenters. The number of hydrogen-bond acceptors (Lipinski definition) is 6. The van der Waals surface area contributed by atoms with Gasteiger partial charge >= 0.3 is 5.97 Å². The molecule has 1 aromatic carbocycles. The molecule has 1 atom stereocenters. The van der Waals surface area contributed by atoms with Crippen LogP contribution in [0.15, 0.2) is 54.9 Å². The minimum atomic E-state index is -0.259. The predicted octanol–water partition coefficient (Wildman–Crippen LogP) is 3.94. The molecule has 7 nitrogen and oxygen atoms in total. The van der Waals surface area contributed by atoms with Gasteiger partial charge in [0, 0.05) is 12.8 Å². The largest absolute Gasteiger partial charge is 0.487 e. The van der Waals surface area contributed by atoms with Gasteiger partial charge in [0.1, 0.15) is 12.4 Å². The Morgan fingerprint density at radius 2 is 2.10 bits per heavy atom. The van der Waals surface area contributed by atoms with Crippen LogP contribution >= 0.6 is 0 Å². The van der Waals surface area contributed by atoms with E-state index < -0.39 is 0 Å². The molecule has 1 aliphatic rings. The van der Waals surface area contributed by atoms with Crippen molar-refractivity contribution in [1.82, 2.24) is 14.8 Å². The van der Waals surface area contributed by atoms with Crippen LogP contribution in [0.5, 0.6) is 5.75 Å². The number of aromatic nitrogens is 3. The quantitative estimate of drug-likeness (QED) is 0.552. The molecular weight excluding hydrogens is 382 g/mol. The van der Waals surface area contributed by atoms with Gasteiger partial charge in [-0.3, -0.25) is 9.78 Å². The molecule has 30 heavy (non-hydrogen) atoms. The second-order valence-corrected chi connectivity index (χ2v) is 7.22. The Morgan fingerprint density at radius 3 is 2.87 bits per heavy atom. The molecule has 4 rings (SSSR count). The molecule has 1 aliphatic heterocycles. The summed E-state index contributed by atoms with van der Waals surface area (Å²) in [5, 5.41) is 4.44. The predicted molar refractivity (Wildman–Crippen MR) is 111 cm³/mol. The van der Waals surface area contributed by atoms with E-state index in [0.29, 0.717) is 12.4 Å². The molecule has 7 heteroatoms. The first kappa shape index (κ1) is 20.1. The fourth-order valence-electron chi connectivity index (χ4n) is 3.52. The van der Waals surface area contributed by atoms with Gasteiger partial charge in [-0.2, -0.15) is 5.10 Å². The summed E-state index contributed by atoms with van der Waals surface area (Å²) in [7, 11) is 1.39. The van der Waals surface area contributed by atoms with Crippen molar-refractivity contribution in [1.29, 1.82) is 0 Å². The lowest BCUT2D eigenvalue weighted by atomic mass is 10.1. The molecule has 0 N–H and O–H groups in total. The summed E-state index contributed by atoms with van der Waals surface area (Å²) in [6, 6.07) is 13.5. The molecule has 156 valence electrons. The van der Waals surface area contributed by atoms with Gasteiger partial charge in [0.25, 0.3) is 0 Å². The number of ether oxygens (including phenoxy) is 3. The summed E-state index contributed by atoms with van der Waals surface area (Å²) in [6.07, 6.45) is 6.92. The van der Waals surface area contributed by atoms with Crippen molar-refractivity contribution in [2.75, 3.05) is 13.7 Å². The van der Waals surface area contributed by atoms with Crippen molar-refractivity contribution >= 4 is 5.97 Å². The number of esters is 1. The van der Waals surface area contributed by atoms with Gasteiger partial charge in [-0.1, -0.05) is 24.3 Å². The van der Waals surface area contributed by atoms with Crippen LogP contribution < -0.4 is 4.74 Å². The summed E-state index contributed by atoms with van der Waals surface area (Å²) in [6.45, 7) is 1.16. The molecule has 0 bridgehead atoms. The van der Waals surface area contributed by atoms with E-state index in [-0.39, 0.29) is 18.6 Å². The average Bonchev–Trinajstić information content (AvgIpc) is 3.29. The lowest BCUT2D eigenvalue weighted by molar-refractivity contribution is -0.139. The van der Waals surface area contributed by atoms with E-state index in [1.54, 1.807) is 12.4 Å². The van der Waals surface area contributed by atoms with Crippen LogP contribution in [0.25, 0.3) is 11.4 Å². The maximum atomic E-state index is 11.5. The first-order chi connectivity index (χ1) is 14.7. The zero-order valence-corrected chi connectivity index (χ0v) is 17.0. The van der Waals surface area contributed by atoms with Crippen LogP contribution in [0.3, 0.4) is 0 Å². The van der Waals surface area contributed by atoms with E-state index in [0.717, 1.165) is 48.4 Å². The van der Waals surface area contributed by atoms with Gasteiger partial charge in [-0.05, 0) is 48.6 Å². The van der Waals surface area contributed by atoms with Crippen molar-refractivity contribution in [2.24, 2.45) is 0 Å². The first-order valence-electron chi connectivity index (χ1n) is 10.1. The molecule has 1 fully saturated rings. The lowest BCUT2D eigenvalue weighted by Gasteiger charge is -2.24. The lowest BCUT2D eigenvalue weighted by Crippen LogP contribution is -2.20. The number of carbonyl (C=O) groups is 1. The second kappa shape index (κ2) is 9.54. The molecule has 3 heterocycles. The fraction of sp³-hybridized carbons (Fsp3) is 0.348. The molecule has 0 amide bonds. The minimum absolute atomic E-state index is 0.0289. The van der Waals surface area contributed by atoms with Crippen LogP contribution in [-0.4, -0.2) is 34.5 Å². The van der Waals surface area contributed by atoms with Gasteiger partial charge in [0.05, 0.1) is 31.1 Å². The van der Waals surface area contributed by atoms with Crippen LogP contribution in [0.4, 0.5) is 0 Å². The first-order valence-corrected chi connectivity index (χ1v) is 10.1. The standard InChI is InChI=1S/C23H25N3O4/c1-28-23(27)14-17-5-4-6-18(13-17)16-30-19-8-9-20(24-15-19)21-10-11-25-26(21)22-7-2-3-12-29-22/h4-6,8-11,13,15,22H,2-3,7,12,14,16H2,1H3. The van der Waals surface area contributed by atoms with Crippen LogP contribution in [0.2, 0.25) is 0 Å². The zero-order valence-electron chi connectivity index (χ0n) is 17.0. The number of nitrogens with zero attached hydrogens (tertiary/aromatic N) is 3. The van der Waals surface area contributed by atoms with Crippen molar-refractivity contribution in [2.45, 2.75) is 38.5 Å². The molecule has 2 aromatic heterocycles. The van der Waals surface area contributed by atoms with E-state index in [1.807, 2.05) is 47.1 Å². The Kier molecular flexibility index (Phi) is 6.39. The van der Waals surface area contributed by atoms with Crippen molar-refractivity contribution in [3.05, 3.63) is 66.0 Å². The number of carbonyl (C=O) groups excluding carboxylic acids is 1. The third-order valence-electron chi connectivity index (χ3n) is 5.07. The molecule has 3 aromatic rings. The van der Waals surface area contributed by atoms with Gasteiger partial charge in [-0.25, -0.2) is 4.68 Å². The third-order valence-corrected chi connectivity index (χ3v) is 5.07. The fourth-order valence-corrected chi connectivity index (χ4v) is 3.52. The average molecular weight is 407 g/mol. The molecular formula is C23H25N3O4. The molecule has 0 aliphatic carbocycles. The normalized spacial score (nSPS) is 16.2. The van der Waals surface area contributed by atoms with Gasteiger partial charge in [0.15, 0.2) is 6.23 Å². The highest BCUT2D eigenvalue weighted by Crippen LogP contribution is 2.28. The summed E-state index contributed by atoms with van der Waals surface area (Å²) < 4.78 is 18.4.